The molecule has 0 amide bonds. The molecule has 3 aromatic rings. The zero-order valence-corrected chi connectivity index (χ0v) is 15.7. The fourth-order valence-corrected chi connectivity index (χ4v) is 3.13. The first-order valence-electron chi connectivity index (χ1n) is 8.29. The fraction of sp³-hybridized carbons (Fsp3) is 0.190. The molecule has 146 valence electrons. The topological polar surface area (TPSA) is 48.7 Å². The highest BCUT2D eigenvalue weighted by atomic mass is 19.1. The first-order chi connectivity index (χ1) is 13.3. The first kappa shape index (κ1) is 19.5. The number of benzene rings is 2. The molecule has 0 spiro atoms. The van der Waals surface area contributed by atoms with Gasteiger partial charge in [0.1, 0.15) is 34.7 Å². The molecule has 2 aromatic carbocycles. The summed E-state index contributed by atoms with van der Waals surface area (Å²) in [6, 6.07) is 6.00. The molecule has 0 radical (unpaired) electrons. The van der Waals surface area contributed by atoms with E-state index in [4.69, 9.17) is 13.9 Å². The molecule has 1 heterocycles. The summed E-state index contributed by atoms with van der Waals surface area (Å²) >= 11 is 0. The van der Waals surface area contributed by atoms with Crippen LogP contribution in [0.25, 0.3) is 22.3 Å². The third-order valence-corrected chi connectivity index (χ3v) is 4.43. The lowest BCUT2D eigenvalue weighted by molar-refractivity contribution is 0.394. The quantitative estimate of drug-likeness (QED) is 0.627. The predicted octanol–water partition coefficient (Wildman–Crippen LogP) is 5.03. The van der Waals surface area contributed by atoms with E-state index >= 15 is 0 Å². The molecular formula is C21H17F3O4. The molecule has 0 saturated carbocycles. The van der Waals surface area contributed by atoms with E-state index in [9.17, 15) is 18.0 Å². The normalized spacial score (nSPS) is 10.8. The second-order valence-electron chi connectivity index (χ2n) is 6.17. The van der Waals surface area contributed by atoms with E-state index < -0.39 is 28.6 Å². The highest BCUT2D eigenvalue weighted by Crippen LogP contribution is 2.41. The summed E-state index contributed by atoms with van der Waals surface area (Å²) in [6.45, 7) is 2.90. The summed E-state index contributed by atoms with van der Waals surface area (Å²) in [5.41, 5.74) is -0.538. The summed E-state index contributed by atoms with van der Waals surface area (Å²) < 4.78 is 58.3. The van der Waals surface area contributed by atoms with Crippen LogP contribution >= 0.6 is 0 Å². The average Bonchev–Trinajstić information content (AvgIpc) is 2.64. The smallest absolute Gasteiger partial charge is 0.339 e. The van der Waals surface area contributed by atoms with Crippen molar-refractivity contribution in [3.63, 3.8) is 0 Å². The average molecular weight is 390 g/mol. The minimum absolute atomic E-state index is 0.00760. The Bertz CT molecular complexity index is 1070. The van der Waals surface area contributed by atoms with Crippen LogP contribution in [0.15, 0.2) is 39.5 Å². The van der Waals surface area contributed by atoms with Gasteiger partial charge in [-0.3, -0.25) is 0 Å². The minimum atomic E-state index is -1.12. The van der Waals surface area contributed by atoms with E-state index in [2.05, 4.69) is 0 Å². The minimum Gasteiger partial charge on any atom is -0.497 e. The van der Waals surface area contributed by atoms with Crippen LogP contribution < -0.4 is 15.1 Å². The zero-order chi connectivity index (χ0) is 20.6. The van der Waals surface area contributed by atoms with Crippen molar-refractivity contribution in [2.45, 2.75) is 13.8 Å². The van der Waals surface area contributed by atoms with E-state index in [-0.39, 0.29) is 22.5 Å². The van der Waals surface area contributed by atoms with Gasteiger partial charge in [0.05, 0.1) is 19.8 Å². The first-order valence-corrected chi connectivity index (χ1v) is 8.29. The molecule has 0 fully saturated rings. The molecule has 3 rings (SSSR count). The van der Waals surface area contributed by atoms with Gasteiger partial charge in [-0.15, -0.1) is 0 Å². The Morgan fingerprint density at radius 1 is 0.786 bits per heavy atom. The van der Waals surface area contributed by atoms with Crippen molar-refractivity contribution in [3.05, 3.63) is 69.5 Å². The molecule has 0 aliphatic rings. The summed E-state index contributed by atoms with van der Waals surface area (Å²) in [5, 5.41) is 0. The largest absolute Gasteiger partial charge is 0.497 e. The molecule has 28 heavy (non-hydrogen) atoms. The van der Waals surface area contributed by atoms with Gasteiger partial charge in [-0.2, -0.15) is 0 Å². The van der Waals surface area contributed by atoms with Crippen molar-refractivity contribution in [3.8, 4) is 33.8 Å². The summed E-state index contributed by atoms with van der Waals surface area (Å²) in [7, 11) is 2.92. The Kier molecular flexibility index (Phi) is 5.18. The fourth-order valence-electron chi connectivity index (χ4n) is 3.13. The van der Waals surface area contributed by atoms with Gasteiger partial charge >= 0.3 is 5.63 Å². The maximum absolute atomic E-state index is 14.6. The molecule has 0 N–H and O–H groups in total. The number of ether oxygens (including phenoxy) is 2. The van der Waals surface area contributed by atoms with Gasteiger partial charge in [-0.25, -0.2) is 18.0 Å². The maximum Gasteiger partial charge on any atom is 0.339 e. The summed E-state index contributed by atoms with van der Waals surface area (Å²) in [6.07, 6.45) is 0. The number of aryl methyl sites for hydroxylation is 1. The van der Waals surface area contributed by atoms with Crippen molar-refractivity contribution >= 4 is 0 Å². The molecule has 0 aliphatic carbocycles. The molecular weight excluding hydrogens is 373 g/mol. The van der Waals surface area contributed by atoms with Crippen LogP contribution in [0.1, 0.15) is 11.3 Å². The van der Waals surface area contributed by atoms with Gasteiger partial charge in [0.2, 0.25) is 0 Å². The zero-order valence-electron chi connectivity index (χ0n) is 15.7. The van der Waals surface area contributed by atoms with Gasteiger partial charge in [0.15, 0.2) is 0 Å². The molecule has 0 bridgehead atoms. The maximum atomic E-state index is 14.6. The van der Waals surface area contributed by atoms with E-state index in [1.54, 1.807) is 18.2 Å². The van der Waals surface area contributed by atoms with Crippen LogP contribution in [-0.4, -0.2) is 14.2 Å². The molecule has 7 heteroatoms. The number of halogens is 3. The Hall–Kier alpha value is -3.22. The van der Waals surface area contributed by atoms with E-state index in [1.807, 2.05) is 0 Å². The third-order valence-electron chi connectivity index (χ3n) is 4.43. The van der Waals surface area contributed by atoms with Gasteiger partial charge < -0.3 is 13.9 Å². The van der Waals surface area contributed by atoms with Crippen LogP contribution in [-0.2, 0) is 0 Å². The lowest BCUT2D eigenvalue weighted by Crippen LogP contribution is -2.10. The second kappa shape index (κ2) is 7.42. The van der Waals surface area contributed by atoms with E-state index in [0.29, 0.717) is 29.2 Å². The Morgan fingerprint density at radius 3 is 1.82 bits per heavy atom. The predicted molar refractivity (Wildman–Crippen MR) is 98.3 cm³/mol. The molecule has 4 nitrogen and oxygen atoms in total. The summed E-state index contributed by atoms with van der Waals surface area (Å²) in [5.74, 6) is -2.29. The van der Waals surface area contributed by atoms with Gasteiger partial charge in [-0.1, -0.05) is 0 Å². The Labute approximate surface area is 159 Å². The van der Waals surface area contributed by atoms with Crippen molar-refractivity contribution in [1.29, 1.82) is 0 Å². The molecule has 0 unspecified atom stereocenters. The van der Waals surface area contributed by atoms with Crippen LogP contribution in [0, 0.1) is 31.3 Å². The van der Waals surface area contributed by atoms with Gasteiger partial charge in [0, 0.05) is 34.9 Å². The number of hydrogen-bond donors (Lipinski definition) is 0. The Morgan fingerprint density at radius 2 is 1.32 bits per heavy atom. The molecule has 0 aliphatic heterocycles. The number of methoxy groups -OCH3 is 2. The third kappa shape index (κ3) is 3.35. The second-order valence-corrected chi connectivity index (χ2v) is 6.17. The van der Waals surface area contributed by atoms with Crippen molar-refractivity contribution in [2.24, 2.45) is 0 Å². The molecule has 0 atom stereocenters. The van der Waals surface area contributed by atoms with Crippen LogP contribution in [0.4, 0.5) is 13.2 Å². The lowest BCUT2D eigenvalue weighted by atomic mass is 9.90. The lowest BCUT2D eigenvalue weighted by Gasteiger charge is -2.17. The SMILES string of the molecule is COc1cc(OC)cc(-c2c(C)oc(=O)c(C)c2-c2c(F)cc(F)cc2F)c1. The standard InChI is InChI=1S/C21H17F3O4/c1-10-18(20-16(23)7-13(22)8-17(20)24)19(11(2)28-21(10)25)12-5-14(26-3)9-15(6-12)27-4/h5-9H,1-4H3. The van der Waals surface area contributed by atoms with Crippen molar-refractivity contribution < 1.29 is 27.1 Å². The number of hydrogen-bond acceptors (Lipinski definition) is 4. The van der Waals surface area contributed by atoms with Gasteiger partial charge in [-0.05, 0) is 31.5 Å². The summed E-state index contributed by atoms with van der Waals surface area (Å²) in [4.78, 5) is 12.2. The van der Waals surface area contributed by atoms with E-state index in [0.717, 1.165) is 0 Å². The van der Waals surface area contributed by atoms with Crippen molar-refractivity contribution in [2.75, 3.05) is 14.2 Å². The highest BCUT2D eigenvalue weighted by Gasteiger charge is 2.24. The molecule has 1 aromatic heterocycles. The number of rotatable bonds is 4. The van der Waals surface area contributed by atoms with Crippen molar-refractivity contribution in [1.82, 2.24) is 0 Å². The van der Waals surface area contributed by atoms with E-state index in [1.165, 1.54) is 28.1 Å². The highest BCUT2D eigenvalue weighted by molar-refractivity contribution is 5.87. The van der Waals surface area contributed by atoms with Gasteiger partial charge in [0.25, 0.3) is 0 Å². The molecule has 0 saturated heterocycles. The Balaban J connectivity index is 2.46. The van der Waals surface area contributed by atoms with Crippen LogP contribution in [0.3, 0.4) is 0 Å². The van der Waals surface area contributed by atoms with Crippen LogP contribution in [0.5, 0.6) is 11.5 Å². The van der Waals surface area contributed by atoms with Crippen LogP contribution in [0.2, 0.25) is 0 Å². The monoisotopic (exact) mass is 390 g/mol.